The number of aliphatic carboxylic acids is 2. The number of carboxylic acid groups (broad SMARTS) is 2. The highest BCUT2D eigenvalue weighted by Crippen LogP contribution is 2.25. The molecule has 0 saturated heterocycles. The van der Waals surface area contributed by atoms with Gasteiger partial charge in [-0.15, -0.1) is 0 Å². The van der Waals surface area contributed by atoms with Gasteiger partial charge in [0.05, 0.1) is 11.8 Å². The Morgan fingerprint density at radius 3 is 1.40 bits per heavy atom. The lowest BCUT2D eigenvalue weighted by Gasteiger charge is -2.10. The van der Waals surface area contributed by atoms with Crippen molar-refractivity contribution in [2.45, 2.75) is 44.9 Å². The number of hydrogen-bond acceptors (Lipinski definition) is 2. The summed E-state index contributed by atoms with van der Waals surface area (Å²) in [7, 11) is 0. The molecule has 2 atom stereocenters. The van der Waals surface area contributed by atoms with Crippen LogP contribution in [0, 0.1) is 11.8 Å². The van der Waals surface area contributed by atoms with Gasteiger partial charge in [-0.1, -0.05) is 19.3 Å². The second kappa shape index (κ2) is 5.73. The van der Waals surface area contributed by atoms with E-state index in [0.29, 0.717) is 32.1 Å². The van der Waals surface area contributed by atoms with Gasteiger partial charge in [-0.2, -0.15) is 0 Å². The molecule has 0 radical (unpaired) electrons. The van der Waals surface area contributed by atoms with Crippen molar-refractivity contribution in [1.29, 1.82) is 0 Å². The molecule has 0 spiro atoms. The summed E-state index contributed by atoms with van der Waals surface area (Å²) in [6, 6.07) is 0. The Hall–Kier alpha value is -1.06. The Morgan fingerprint density at radius 2 is 1.07 bits per heavy atom. The SMILES string of the molecule is O=C(O)C1CCCCC(C(=O)O)CCC1. The third-order valence-electron chi connectivity index (χ3n) is 3.16. The average molecular weight is 214 g/mol. The molecule has 1 aliphatic rings. The van der Waals surface area contributed by atoms with Gasteiger partial charge in [0.25, 0.3) is 0 Å². The molecule has 1 fully saturated rings. The van der Waals surface area contributed by atoms with E-state index in [1.54, 1.807) is 0 Å². The van der Waals surface area contributed by atoms with Crippen LogP contribution in [0.2, 0.25) is 0 Å². The fourth-order valence-electron chi connectivity index (χ4n) is 2.17. The molecule has 0 aromatic carbocycles. The average Bonchev–Trinajstić information content (AvgIpc) is 2.27. The lowest BCUT2D eigenvalue weighted by molar-refractivity contribution is -0.142. The molecule has 15 heavy (non-hydrogen) atoms. The molecule has 1 aliphatic carbocycles. The highest BCUT2D eigenvalue weighted by molar-refractivity contribution is 5.70. The van der Waals surface area contributed by atoms with Crippen LogP contribution in [-0.4, -0.2) is 22.2 Å². The Kier molecular flexibility index (Phi) is 4.59. The van der Waals surface area contributed by atoms with E-state index in [1.165, 1.54) is 0 Å². The van der Waals surface area contributed by atoms with E-state index in [1.807, 2.05) is 0 Å². The van der Waals surface area contributed by atoms with E-state index in [0.717, 1.165) is 12.8 Å². The van der Waals surface area contributed by atoms with Gasteiger partial charge in [-0.25, -0.2) is 0 Å². The van der Waals surface area contributed by atoms with Crippen LogP contribution < -0.4 is 0 Å². The van der Waals surface area contributed by atoms with E-state index >= 15 is 0 Å². The van der Waals surface area contributed by atoms with Crippen LogP contribution in [0.5, 0.6) is 0 Å². The van der Waals surface area contributed by atoms with Crippen LogP contribution in [0.15, 0.2) is 0 Å². The Bertz CT molecular complexity index is 213. The maximum Gasteiger partial charge on any atom is 0.306 e. The zero-order valence-electron chi connectivity index (χ0n) is 8.82. The van der Waals surface area contributed by atoms with Crippen LogP contribution in [0.4, 0.5) is 0 Å². The molecule has 2 unspecified atom stereocenters. The van der Waals surface area contributed by atoms with Crippen LogP contribution >= 0.6 is 0 Å². The molecule has 0 heterocycles. The lowest BCUT2D eigenvalue weighted by atomic mass is 9.96. The first-order chi connectivity index (χ1) is 7.11. The van der Waals surface area contributed by atoms with Gasteiger partial charge in [0.1, 0.15) is 0 Å². The molecule has 0 aromatic heterocycles. The molecule has 4 heteroatoms. The lowest BCUT2D eigenvalue weighted by Crippen LogP contribution is -2.14. The van der Waals surface area contributed by atoms with Crippen molar-refractivity contribution in [3.05, 3.63) is 0 Å². The molecule has 1 rings (SSSR count). The first-order valence-corrected chi connectivity index (χ1v) is 5.57. The predicted octanol–water partition coefficient (Wildman–Crippen LogP) is 2.13. The largest absolute Gasteiger partial charge is 0.481 e. The van der Waals surface area contributed by atoms with Gasteiger partial charge < -0.3 is 10.2 Å². The summed E-state index contributed by atoms with van der Waals surface area (Å²) in [5.41, 5.74) is 0. The second-order valence-electron chi connectivity index (χ2n) is 4.29. The minimum Gasteiger partial charge on any atom is -0.481 e. The standard InChI is InChI=1S/C11H18O4/c12-10(13)8-4-1-2-5-9(11(14)15)7-3-6-8/h8-9H,1-7H2,(H,12,13)(H,14,15). The maximum atomic E-state index is 10.8. The van der Waals surface area contributed by atoms with Crippen LogP contribution in [-0.2, 0) is 9.59 Å². The first-order valence-electron chi connectivity index (χ1n) is 5.57. The van der Waals surface area contributed by atoms with E-state index in [2.05, 4.69) is 0 Å². The summed E-state index contributed by atoms with van der Waals surface area (Å²) in [5, 5.41) is 17.8. The molecule has 86 valence electrons. The maximum absolute atomic E-state index is 10.8. The smallest absolute Gasteiger partial charge is 0.306 e. The zero-order chi connectivity index (χ0) is 11.3. The van der Waals surface area contributed by atoms with Gasteiger partial charge in [-0.3, -0.25) is 9.59 Å². The highest BCUT2D eigenvalue weighted by atomic mass is 16.4. The fraction of sp³-hybridized carbons (Fsp3) is 0.818. The van der Waals surface area contributed by atoms with Gasteiger partial charge in [0.15, 0.2) is 0 Å². The van der Waals surface area contributed by atoms with E-state index in [-0.39, 0.29) is 11.8 Å². The van der Waals surface area contributed by atoms with Crippen molar-refractivity contribution in [1.82, 2.24) is 0 Å². The minimum atomic E-state index is -0.733. The van der Waals surface area contributed by atoms with Crippen molar-refractivity contribution in [3.8, 4) is 0 Å². The van der Waals surface area contributed by atoms with Gasteiger partial charge in [0.2, 0.25) is 0 Å². The molecule has 0 aromatic rings. The Morgan fingerprint density at radius 1 is 0.733 bits per heavy atom. The summed E-state index contributed by atoms with van der Waals surface area (Å²) in [6.07, 6.45) is 5.02. The predicted molar refractivity (Wildman–Crippen MR) is 54.6 cm³/mol. The molecule has 2 N–H and O–H groups in total. The molecule has 4 nitrogen and oxygen atoms in total. The fourth-order valence-corrected chi connectivity index (χ4v) is 2.17. The number of hydrogen-bond donors (Lipinski definition) is 2. The summed E-state index contributed by atoms with van der Waals surface area (Å²) in [6.45, 7) is 0. The summed E-state index contributed by atoms with van der Waals surface area (Å²) in [5.74, 6) is -2.00. The summed E-state index contributed by atoms with van der Waals surface area (Å²) >= 11 is 0. The van der Waals surface area contributed by atoms with Gasteiger partial charge in [0, 0.05) is 0 Å². The van der Waals surface area contributed by atoms with Gasteiger partial charge >= 0.3 is 11.9 Å². The number of carboxylic acids is 2. The molecule has 0 bridgehead atoms. The Labute approximate surface area is 89.3 Å². The summed E-state index contributed by atoms with van der Waals surface area (Å²) < 4.78 is 0. The molecular formula is C11H18O4. The molecular weight excluding hydrogens is 196 g/mol. The molecule has 1 saturated carbocycles. The quantitative estimate of drug-likeness (QED) is 0.738. The van der Waals surface area contributed by atoms with Crippen LogP contribution in [0.3, 0.4) is 0 Å². The third-order valence-corrected chi connectivity index (χ3v) is 3.16. The highest BCUT2D eigenvalue weighted by Gasteiger charge is 2.23. The topological polar surface area (TPSA) is 74.6 Å². The molecule has 0 aliphatic heterocycles. The third kappa shape index (κ3) is 3.90. The van der Waals surface area contributed by atoms with Crippen molar-refractivity contribution in [3.63, 3.8) is 0 Å². The van der Waals surface area contributed by atoms with E-state index in [9.17, 15) is 9.59 Å². The Balaban J connectivity index is 2.48. The normalized spacial score (nSPS) is 28.5. The number of carbonyl (C=O) groups is 2. The first kappa shape index (κ1) is 12.0. The van der Waals surface area contributed by atoms with E-state index < -0.39 is 11.9 Å². The zero-order valence-corrected chi connectivity index (χ0v) is 8.82. The monoisotopic (exact) mass is 214 g/mol. The van der Waals surface area contributed by atoms with Gasteiger partial charge in [-0.05, 0) is 25.7 Å². The van der Waals surface area contributed by atoms with Crippen molar-refractivity contribution < 1.29 is 19.8 Å². The molecule has 0 amide bonds. The van der Waals surface area contributed by atoms with Crippen molar-refractivity contribution in [2.75, 3.05) is 0 Å². The van der Waals surface area contributed by atoms with Crippen LogP contribution in [0.1, 0.15) is 44.9 Å². The van der Waals surface area contributed by atoms with E-state index in [4.69, 9.17) is 10.2 Å². The van der Waals surface area contributed by atoms with Crippen molar-refractivity contribution in [2.24, 2.45) is 11.8 Å². The minimum absolute atomic E-state index is 0.266. The van der Waals surface area contributed by atoms with Crippen LogP contribution in [0.25, 0.3) is 0 Å². The second-order valence-corrected chi connectivity index (χ2v) is 4.29. The number of rotatable bonds is 2. The summed E-state index contributed by atoms with van der Waals surface area (Å²) in [4.78, 5) is 21.7. The van der Waals surface area contributed by atoms with Crippen molar-refractivity contribution >= 4 is 11.9 Å².